The largest absolute Gasteiger partial charge is 0.444 e. The number of nitrogens with two attached hydrogens (primary N) is 2. The zero-order chi connectivity index (χ0) is 14.5. The van der Waals surface area contributed by atoms with Crippen molar-refractivity contribution in [3.63, 3.8) is 0 Å². The molecule has 0 radical (unpaired) electrons. The van der Waals surface area contributed by atoms with E-state index in [0.29, 0.717) is 24.5 Å². The standard InChI is InChI=1S/C13H22N4O2/c1-13(2,3)19-12(18)17-7-6-16-9-4-5-10(14)11(15)8-9/h4-5,8,16H,6-7,14-15H2,1-3H3,(H,17,18). The van der Waals surface area contributed by atoms with Crippen molar-refractivity contribution in [1.82, 2.24) is 5.32 Å². The zero-order valence-corrected chi connectivity index (χ0v) is 11.6. The van der Waals surface area contributed by atoms with Crippen LogP contribution in [0.15, 0.2) is 18.2 Å². The van der Waals surface area contributed by atoms with Crippen molar-refractivity contribution in [3.05, 3.63) is 18.2 Å². The number of hydrogen-bond acceptors (Lipinski definition) is 5. The van der Waals surface area contributed by atoms with Crippen LogP contribution in [0, 0.1) is 0 Å². The van der Waals surface area contributed by atoms with E-state index in [4.69, 9.17) is 16.2 Å². The first kappa shape index (κ1) is 14.9. The first-order valence-corrected chi connectivity index (χ1v) is 6.13. The predicted molar refractivity (Wildman–Crippen MR) is 78.0 cm³/mol. The summed E-state index contributed by atoms with van der Waals surface area (Å²) in [6.07, 6.45) is -0.425. The zero-order valence-electron chi connectivity index (χ0n) is 11.6. The van der Waals surface area contributed by atoms with E-state index in [-0.39, 0.29) is 0 Å². The van der Waals surface area contributed by atoms with Gasteiger partial charge in [-0.15, -0.1) is 0 Å². The van der Waals surface area contributed by atoms with E-state index in [1.807, 2.05) is 26.8 Å². The molecule has 6 heteroatoms. The molecule has 6 nitrogen and oxygen atoms in total. The van der Waals surface area contributed by atoms with E-state index in [0.717, 1.165) is 5.69 Å². The maximum atomic E-state index is 11.4. The summed E-state index contributed by atoms with van der Waals surface area (Å²) in [7, 11) is 0. The van der Waals surface area contributed by atoms with Crippen LogP contribution in [0.2, 0.25) is 0 Å². The van der Waals surface area contributed by atoms with Crippen molar-refractivity contribution in [2.45, 2.75) is 26.4 Å². The Balaban J connectivity index is 2.27. The molecular weight excluding hydrogens is 244 g/mol. The Labute approximate surface area is 113 Å². The van der Waals surface area contributed by atoms with E-state index >= 15 is 0 Å². The third kappa shape index (κ3) is 5.85. The molecule has 1 aromatic carbocycles. The van der Waals surface area contributed by atoms with E-state index in [1.54, 1.807) is 12.1 Å². The summed E-state index contributed by atoms with van der Waals surface area (Å²) in [4.78, 5) is 11.4. The van der Waals surface area contributed by atoms with Crippen LogP contribution >= 0.6 is 0 Å². The minimum absolute atomic E-state index is 0.425. The van der Waals surface area contributed by atoms with Gasteiger partial charge in [0, 0.05) is 18.8 Å². The lowest BCUT2D eigenvalue weighted by Gasteiger charge is -2.19. The highest BCUT2D eigenvalue weighted by Gasteiger charge is 2.15. The molecule has 0 fully saturated rings. The lowest BCUT2D eigenvalue weighted by molar-refractivity contribution is 0.0530. The second-order valence-corrected chi connectivity index (χ2v) is 5.20. The number of ether oxygens (including phenoxy) is 1. The Hall–Kier alpha value is -2.11. The third-order valence-electron chi connectivity index (χ3n) is 2.21. The summed E-state index contributed by atoms with van der Waals surface area (Å²) >= 11 is 0. The van der Waals surface area contributed by atoms with Crippen LogP contribution in [-0.2, 0) is 4.74 Å². The summed E-state index contributed by atoms with van der Waals surface area (Å²) in [5.41, 5.74) is 12.8. The monoisotopic (exact) mass is 266 g/mol. The van der Waals surface area contributed by atoms with Crippen molar-refractivity contribution in [1.29, 1.82) is 0 Å². The van der Waals surface area contributed by atoms with E-state index in [9.17, 15) is 4.79 Å². The fourth-order valence-corrected chi connectivity index (χ4v) is 1.37. The second kappa shape index (κ2) is 6.17. The van der Waals surface area contributed by atoms with Gasteiger partial charge in [-0.3, -0.25) is 0 Å². The molecule has 0 unspecified atom stereocenters. The molecule has 1 rings (SSSR count). The summed E-state index contributed by atoms with van der Waals surface area (Å²) in [5, 5.41) is 5.78. The fraction of sp³-hybridized carbons (Fsp3) is 0.462. The number of rotatable bonds is 4. The molecule has 1 amide bonds. The molecule has 0 heterocycles. The maximum absolute atomic E-state index is 11.4. The van der Waals surface area contributed by atoms with Gasteiger partial charge < -0.3 is 26.8 Å². The van der Waals surface area contributed by atoms with Crippen LogP contribution in [0.1, 0.15) is 20.8 Å². The predicted octanol–water partition coefficient (Wildman–Crippen LogP) is 1.79. The van der Waals surface area contributed by atoms with E-state index < -0.39 is 11.7 Å². The van der Waals surface area contributed by atoms with Crippen LogP contribution in [-0.4, -0.2) is 24.8 Å². The first-order valence-electron chi connectivity index (χ1n) is 6.13. The molecule has 0 atom stereocenters. The van der Waals surface area contributed by atoms with Crippen LogP contribution in [0.5, 0.6) is 0 Å². The van der Waals surface area contributed by atoms with E-state index in [1.165, 1.54) is 0 Å². The molecule has 6 N–H and O–H groups in total. The summed E-state index contributed by atoms with van der Waals surface area (Å²) in [5.74, 6) is 0. The molecule has 1 aromatic rings. The van der Waals surface area contributed by atoms with Gasteiger partial charge in [0.25, 0.3) is 0 Å². The van der Waals surface area contributed by atoms with Gasteiger partial charge in [-0.2, -0.15) is 0 Å². The molecular formula is C13H22N4O2. The van der Waals surface area contributed by atoms with E-state index in [2.05, 4.69) is 10.6 Å². The van der Waals surface area contributed by atoms with Gasteiger partial charge in [0.1, 0.15) is 5.60 Å². The smallest absolute Gasteiger partial charge is 0.407 e. The van der Waals surface area contributed by atoms with Gasteiger partial charge in [0.2, 0.25) is 0 Å². The number of benzene rings is 1. The normalized spacial score (nSPS) is 10.9. The van der Waals surface area contributed by atoms with Gasteiger partial charge in [-0.1, -0.05) is 0 Å². The molecule has 0 saturated heterocycles. The van der Waals surface area contributed by atoms with Gasteiger partial charge in [0.05, 0.1) is 11.4 Å². The van der Waals surface area contributed by atoms with Crippen molar-refractivity contribution in [3.8, 4) is 0 Å². The summed E-state index contributed by atoms with van der Waals surface area (Å²) < 4.78 is 5.11. The molecule has 0 aliphatic heterocycles. The molecule has 106 valence electrons. The van der Waals surface area contributed by atoms with Crippen LogP contribution < -0.4 is 22.1 Å². The van der Waals surface area contributed by atoms with Gasteiger partial charge in [-0.05, 0) is 39.0 Å². The third-order valence-corrected chi connectivity index (χ3v) is 2.21. The Morgan fingerprint density at radius 2 is 1.89 bits per heavy atom. The molecule has 19 heavy (non-hydrogen) atoms. The highest BCUT2D eigenvalue weighted by atomic mass is 16.6. The van der Waals surface area contributed by atoms with Crippen molar-refractivity contribution >= 4 is 23.2 Å². The maximum Gasteiger partial charge on any atom is 0.407 e. The number of hydrogen-bond donors (Lipinski definition) is 4. The number of alkyl carbamates (subject to hydrolysis) is 1. The number of nitrogen functional groups attached to an aromatic ring is 2. The number of nitrogens with one attached hydrogen (secondary N) is 2. The lowest BCUT2D eigenvalue weighted by atomic mass is 10.2. The average molecular weight is 266 g/mol. The van der Waals surface area contributed by atoms with Gasteiger partial charge in [-0.25, -0.2) is 4.79 Å². The van der Waals surface area contributed by atoms with Crippen molar-refractivity contribution in [2.24, 2.45) is 0 Å². The van der Waals surface area contributed by atoms with Gasteiger partial charge >= 0.3 is 6.09 Å². The topological polar surface area (TPSA) is 102 Å². The van der Waals surface area contributed by atoms with Crippen LogP contribution in [0.3, 0.4) is 0 Å². The number of carbonyl (C=O) groups excluding carboxylic acids is 1. The van der Waals surface area contributed by atoms with Gasteiger partial charge in [0.15, 0.2) is 0 Å². The molecule has 0 aromatic heterocycles. The number of anilines is 3. The van der Waals surface area contributed by atoms with Crippen LogP contribution in [0.4, 0.5) is 21.9 Å². The number of amides is 1. The highest BCUT2D eigenvalue weighted by Crippen LogP contribution is 2.19. The minimum atomic E-state index is -0.483. The fourth-order valence-electron chi connectivity index (χ4n) is 1.37. The van der Waals surface area contributed by atoms with Crippen molar-refractivity contribution < 1.29 is 9.53 Å². The minimum Gasteiger partial charge on any atom is -0.444 e. The molecule has 0 aliphatic rings. The Morgan fingerprint density at radius 3 is 2.47 bits per heavy atom. The molecule has 0 spiro atoms. The Bertz CT molecular complexity index is 441. The Morgan fingerprint density at radius 1 is 1.21 bits per heavy atom. The molecule has 0 aliphatic carbocycles. The summed E-state index contributed by atoms with van der Waals surface area (Å²) in [6, 6.07) is 5.32. The average Bonchev–Trinajstić information content (AvgIpc) is 2.27. The molecule has 0 saturated carbocycles. The quantitative estimate of drug-likeness (QED) is 0.491. The summed E-state index contributed by atoms with van der Waals surface area (Å²) in [6.45, 7) is 6.49. The molecule has 0 bridgehead atoms. The first-order chi connectivity index (χ1) is 8.78. The second-order valence-electron chi connectivity index (χ2n) is 5.20. The lowest BCUT2D eigenvalue weighted by Crippen LogP contribution is -2.34. The van der Waals surface area contributed by atoms with Crippen molar-refractivity contribution in [2.75, 3.05) is 29.9 Å². The Kier molecular flexibility index (Phi) is 4.86. The van der Waals surface area contributed by atoms with Crippen LogP contribution in [0.25, 0.3) is 0 Å². The SMILES string of the molecule is CC(C)(C)OC(=O)NCCNc1ccc(N)c(N)c1. The highest BCUT2D eigenvalue weighted by molar-refractivity contribution is 5.69. The number of carbonyl (C=O) groups is 1.